The van der Waals surface area contributed by atoms with Gasteiger partial charge >= 0.3 is 5.97 Å². The first-order valence-corrected chi connectivity index (χ1v) is 27.3. The Morgan fingerprint density at radius 3 is 1.57 bits per heavy atom. The molecule has 0 radical (unpaired) electrons. The van der Waals surface area contributed by atoms with Gasteiger partial charge in [-0.2, -0.15) is 0 Å². The number of carboxylic acids is 1. The van der Waals surface area contributed by atoms with E-state index in [0.29, 0.717) is 79.2 Å². The molecule has 2 aromatic carbocycles. The molecule has 3 saturated heterocycles. The zero-order chi connectivity index (χ0) is 47.9. The average molecular weight is 999 g/mol. The second-order valence-corrected chi connectivity index (χ2v) is 23.2. The van der Waals surface area contributed by atoms with E-state index in [0.717, 1.165) is 70.6 Å². The van der Waals surface area contributed by atoms with Crippen LogP contribution in [0.3, 0.4) is 0 Å². The summed E-state index contributed by atoms with van der Waals surface area (Å²) in [6.07, 6.45) is 17.8. The Hall–Kier alpha value is -5.23. The van der Waals surface area contributed by atoms with E-state index in [1.807, 2.05) is 53.6 Å². The van der Waals surface area contributed by atoms with Crippen molar-refractivity contribution < 1.29 is 31.5 Å². The maximum absolute atomic E-state index is 14.1. The minimum absolute atomic E-state index is 0.00535. The smallest absolute Gasteiger partial charge is 0.336 e. The summed E-state index contributed by atoms with van der Waals surface area (Å²) in [4.78, 5) is 44.9. The standard InChI is InChI=1S/C29H32ClN5O3S.C21H21ClN2O4S/c1-39(37,38)35-13-8-20(9-14-35)27-23-5-4-22(30)15-21(23)16-25(24-3-2-10-32-28(24)27)29(36)34-11-6-19(7-12-34)26-17-31-18-33-26;1-29(27,28)24-9-6-13(7-10-24)19-16-5-4-15(22)11-14(16)12-18(21(25)26)17-3-2-8-23-20(17)19/h2-5,10,15-20,27H,6-9,11-14H2,1H3,(H,31,33);2-5,8,11-13,19H,6-7,9-10H2,1H3,(H,25,26). The number of fused-ring (bicyclic) bond motifs is 4. The number of aromatic amines is 1. The average Bonchev–Trinajstić information content (AvgIpc) is 3.77. The number of H-pyrrole nitrogens is 1. The lowest BCUT2D eigenvalue weighted by molar-refractivity contribution is -0.130. The van der Waals surface area contributed by atoms with Crippen LogP contribution in [0.25, 0.3) is 23.3 Å². The Balaban J connectivity index is 0.000000178. The lowest BCUT2D eigenvalue weighted by Gasteiger charge is -2.36. The molecule has 0 spiro atoms. The Kier molecular flexibility index (Phi) is 13.8. The molecule has 2 aliphatic carbocycles. The molecular formula is C50H53Cl2N7O7S2. The van der Waals surface area contributed by atoms with Gasteiger partial charge in [0.25, 0.3) is 5.91 Å². The van der Waals surface area contributed by atoms with Gasteiger partial charge in [0, 0.05) is 108 Å². The molecule has 68 heavy (non-hydrogen) atoms. The minimum atomic E-state index is -3.23. The van der Waals surface area contributed by atoms with E-state index in [2.05, 4.69) is 15.0 Å². The van der Waals surface area contributed by atoms with Gasteiger partial charge in [0.1, 0.15) is 0 Å². The summed E-state index contributed by atoms with van der Waals surface area (Å²) < 4.78 is 51.2. The number of hydrogen-bond acceptors (Lipinski definition) is 9. The van der Waals surface area contributed by atoms with Gasteiger partial charge in [0.05, 0.1) is 35.8 Å². The molecule has 5 aromatic rings. The highest BCUT2D eigenvalue weighted by Gasteiger charge is 2.39. The molecule has 10 rings (SSSR count). The second-order valence-electron chi connectivity index (χ2n) is 18.4. The number of aromatic nitrogens is 4. The minimum Gasteiger partial charge on any atom is -0.478 e. The summed E-state index contributed by atoms with van der Waals surface area (Å²) in [5, 5.41) is 11.0. The molecule has 3 aliphatic heterocycles. The first-order valence-electron chi connectivity index (χ1n) is 22.9. The van der Waals surface area contributed by atoms with Crippen LogP contribution in [0.4, 0.5) is 0 Å². The Morgan fingerprint density at radius 1 is 0.662 bits per heavy atom. The van der Waals surface area contributed by atoms with Crippen LogP contribution in [0.5, 0.6) is 0 Å². The maximum atomic E-state index is 14.1. The van der Waals surface area contributed by atoms with Crippen molar-refractivity contribution in [2.24, 2.45) is 11.8 Å². The number of piperidine rings is 3. The highest BCUT2D eigenvalue weighted by molar-refractivity contribution is 7.88. The molecule has 1 amide bonds. The molecule has 3 aromatic heterocycles. The summed E-state index contributed by atoms with van der Waals surface area (Å²) in [6.45, 7) is 3.20. The van der Waals surface area contributed by atoms with Crippen molar-refractivity contribution in [3.05, 3.63) is 146 Å². The lowest BCUT2D eigenvalue weighted by atomic mass is 9.76. The third kappa shape index (κ3) is 9.94. The number of pyridine rings is 2. The van der Waals surface area contributed by atoms with Gasteiger partial charge < -0.3 is 15.0 Å². The van der Waals surface area contributed by atoms with Crippen molar-refractivity contribution in [1.29, 1.82) is 0 Å². The topological polar surface area (TPSA) is 187 Å². The molecule has 2 unspecified atom stereocenters. The molecule has 0 bridgehead atoms. The van der Waals surface area contributed by atoms with E-state index in [1.54, 1.807) is 53.4 Å². The predicted molar refractivity (Wildman–Crippen MR) is 264 cm³/mol. The summed E-state index contributed by atoms with van der Waals surface area (Å²) in [6, 6.07) is 18.8. The van der Waals surface area contributed by atoms with E-state index in [-0.39, 0.29) is 35.2 Å². The molecule has 6 heterocycles. The van der Waals surface area contributed by atoms with Crippen LogP contribution in [-0.4, -0.2) is 119 Å². The van der Waals surface area contributed by atoms with Crippen LogP contribution in [-0.2, 0) is 29.6 Å². The number of carbonyl (C=O) groups is 2. The molecule has 2 N–H and O–H groups in total. The fourth-order valence-electron chi connectivity index (χ4n) is 10.9. The second kappa shape index (κ2) is 19.6. The largest absolute Gasteiger partial charge is 0.478 e. The predicted octanol–water partition coefficient (Wildman–Crippen LogP) is 8.00. The van der Waals surface area contributed by atoms with Crippen LogP contribution in [0, 0.1) is 11.8 Å². The van der Waals surface area contributed by atoms with Gasteiger partial charge in [-0.15, -0.1) is 0 Å². The number of nitrogens with zero attached hydrogens (tertiary/aromatic N) is 6. The fraction of sp³-hybridized carbons (Fsp3) is 0.380. The van der Waals surface area contributed by atoms with Gasteiger partial charge in [0.2, 0.25) is 20.0 Å². The zero-order valence-corrected chi connectivity index (χ0v) is 40.9. The van der Waals surface area contributed by atoms with Crippen molar-refractivity contribution in [3.63, 3.8) is 0 Å². The number of carboxylic acid groups (broad SMARTS) is 1. The van der Waals surface area contributed by atoms with E-state index in [1.165, 1.54) is 16.8 Å². The van der Waals surface area contributed by atoms with Crippen molar-refractivity contribution in [2.45, 2.75) is 56.3 Å². The number of imidazole rings is 1. The number of amides is 1. The van der Waals surface area contributed by atoms with Gasteiger partial charge in [0.15, 0.2) is 0 Å². The number of rotatable bonds is 7. The number of sulfonamides is 2. The van der Waals surface area contributed by atoms with Crippen LogP contribution in [0.2, 0.25) is 10.0 Å². The van der Waals surface area contributed by atoms with E-state index >= 15 is 0 Å². The first-order chi connectivity index (χ1) is 32.5. The number of hydrogen-bond donors (Lipinski definition) is 2. The number of nitrogens with one attached hydrogen (secondary N) is 1. The normalized spacial score (nSPS) is 20.8. The van der Waals surface area contributed by atoms with Crippen LogP contribution in [0.1, 0.15) is 107 Å². The van der Waals surface area contributed by atoms with Crippen LogP contribution in [0.15, 0.2) is 85.6 Å². The maximum Gasteiger partial charge on any atom is 0.336 e. The van der Waals surface area contributed by atoms with Gasteiger partial charge in [-0.05, 0) is 121 Å². The van der Waals surface area contributed by atoms with E-state index in [9.17, 15) is 31.5 Å². The van der Waals surface area contributed by atoms with Gasteiger partial charge in [-0.25, -0.2) is 35.2 Å². The lowest BCUT2D eigenvalue weighted by Crippen LogP contribution is -2.39. The number of likely N-dealkylation sites (tertiary alicyclic amines) is 1. The highest BCUT2D eigenvalue weighted by atomic mass is 35.5. The van der Waals surface area contributed by atoms with Gasteiger partial charge in [-0.3, -0.25) is 14.8 Å². The fourth-order valence-corrected chi connectivity index (χ4v) is 13.0. The summed E-state index contributed by atoms with van der Waals surface area (Å²) >= 11 is 12.7. The summed E-state index contributed by atoms with van der Waals surface area (Å²) in [5.74, 6) is -0.511. The molecule has 14 nitrogen and oxygen atoms in total. The van der Waals surface area contributed by atoms with Crippen molar-refractivity contribution in [1.82, 2.24) is 33.4 Å². The Bertz CT molecular complexity index is 3010. The quantitative estimate of drug-likeness (QED) is 0.162. The third-order valence-electron chi connectivity index (χ3n) is 14.3. The SMILES string of the molecule is CS(=O)(=O)N1CCC(C2c3ccc(Cl)cc3C=C(C(=O)N3CCC(c4cnc[nH]4)CC3)c3cccnc32)CC1.CS(=O)(=O)N1CCC(C2c3ccc(Cl)cc3C=C(C(=O)O)c3cccnc32)CC1. The molecule has 18 heteroatoms. The number of carbonyl (C=O) groups excluding carboxylic acids is 1. The monoisotopic (exact) mass is 997 g/mol. The summed E-state index contributed by atoms with van der Waals surface area (Å²) in [5.41, 5.74) is 8.74. The number of aliphatic carboxylic acids is 1. The third-order valence-corrected chi connectivity index (χ3v) is 17.4. The van der Waals surface area contributed by atoms with Crippen molar-refractivity contribution >= 4 is 78.4 Å². The number of halogens is 2. The van der Waals surface area contributed by atoms with Gasteiger partial charge in [-0.1, -0.05) is 47.5 Å². The Morgan fingerprint density at radius 2 is 1.13 bits per heavy atom. The first kappa shape index (κ1) is 47.8. The number of benzene rings is 2. The molecule has 3 fully saturated rings. The molecular weight excluding hydrogens is 946 g/mol. The van der Waals surface area contributed by atoms with Crippen molar-refractivity contribution in [3.8, 4) is 0 Å². The van der Waals surface area contributed by atoms with Crippen molar-refractivity contribution in [2.75, 3.05) is 51.8 Å². The molecule has 2 atom stereocenters. The summed E-state index contributed by atoms with van der Waals surface area (Å²) in [7, 11) is -6.45. The Labute approximate surface area is 407 Å². The molecule has 356 valence electrons. The van der Waals surface area contributed by atoms with E-state index < -0.39 is 26.0 Å². The van der Waals surface area contributed by atoms with E-state index in [4.69, 9.17) is 28.2 Å². The van der Waals surface area contributed by atoms with Crippen LogP contribution >= 0.6 is 23.2 Å². The highest BCUT2D eigenvalue weighted by Crippen LogP contribution is 2.47. The molecule has 0 saturated carbocycles. The molecule has 5 aliphatic rings. The zero-order valence-electron chi connectivity index (χ0n) is 37.8. The van der Waals surface area contributed by atoms with Crippen LogP contribution < -0.4 is 0 Å².